The Bertz CT molecular complexity index is 384. The Labute approximate surface area is 108 Å². The van der Waals surface area contributed by atoms with E-state index in [-0.39, 0.29) is 10.7 Å². The standard InChI is InChI=1S/C11H13BrClNO2/c1-3-8(12)11(15)14-10-6-7(16-2)4-5-9(10)13/h4-6,8H,3H2,1-2H3,(H,14,15). The highest BCUT2D eigenvalue weighted by Gasteiger charge is 2.14. The first-order valence-electron chi connectivity index (χ1n) is 4.87. The zero-order chi connectivity index (χ0) is 12.1. The van der Waals surface area contributed by atoms with Crippen molar-refractivity contribution < 1.29 is 9.53 Å². The molecule has 0 aliphatic carbocycles. The van der Waals surface area contributed by atoms with Crippen molar-refractivity contribution in [1.29, 1.82) is 0 Å². The SMILES string of the molecule is CCC(Br)C(=O)Nc1cc(OC)ccc1Cl. The summed E-state index contributed by atoms with van der Waals surface area (Å²) >= 11 is 9.23. The second kappa shape index (κ2) is 6.11. The van der Waals surface area contributed by atoms with Gasteiger partial charge in [-0.1, -0.05) is 34.5 Å². The molecule has 0 fully saturated rings. The van der Waals surface area contributed by atoms with Gasteiger partial charge in [-0.05, 0) is 18.6 Å². The van der Waals surface area contributed by atoms with Gasteiger partial charge in [0, 0.05) is 6.07 Å². The van der Waals surface area contributed by atoms with Crippen LogP contribution in [0.15, 0.2) is 18.2 Å². The van der Waals surface area contributed by atoms with Crippen LogP contribution in [-0.4, -0.2) is 17.8 Å². The normalized spacial score (nSPS) is 12.0. The van der Waals surface area contributed by atoms with Crippen LogP contribution in [0.5, 0.6) is 5.75 Å². The molecule has 88 valence electrons. The van der Waals surface area contributed by atoms with Crippen molar-refractivity contribution in [3.05, 3.63) is 23.2 Å². The Kier molecular flexibility index (Phi) is 5.09. The first-order valence-corrected chi connectivity index (χ1v) is 6.16. The minimum Gasteiger partial charge on any atom is -0.497 e. The molecule has 1 unspecified atom stereocenters. The molecule has 0 bridgehead atoms. The van der Waals surface area contributed by atoms with Gasteiger partial charge in [-0.3, -0.25) is 4.79 Å². The highest BCUT2D eigenvalue weighted by Crippen LogP contribution is 2.27. The van der Waals surface area contributed by atoms with Gasteiger partial charge < -0.3 is 10.1 Å². The zero-order valence-corrected chi connectivity index (χ0v) is 11.4. The summed E-state index contributed by atoms with van der Waals surface area (Å²) in [7, 11) is 1.56. The summed E-state index contributed by atoms with van der Waals surface area (Å²) in [6.45, 7) is 1.92. The molecule has 0 aliphatic rings. The summed E-state index contributed by atoms with van der Waals surface area (Å²) in [4.78, 5) is 11.4. The highest BCUT2D eigenvalue weighted by molar-refractivity contribution is 9.10. The Morgan fingerprint density at radius 2 is 2.31 bits per heavy atom. The number of carbonyl (C=O) groups is 1. The van der Waals surface area contributed by atoms with Crippen LogP contribution in [0.3, 0.4) is 0 Å². The number of carbonyl (C=O) groups excluding carboxylic acids is 1. The maximum atomic E-state index is 11.6. The molecule has 1 atom stereocenters. The molecule has 0 saturated heterocycles. The fourth-order valence-corrected chi connectivity index (χ4v) is 1.40. The number of alkyl halides is 1. The Hall–Kier alpha value is -0.740. The number of halogens is 2. The molecule has 0 radical (unpaired) electrons. The minimum atomic E-state index is -0.213. The van der Waals surface area contributed by atoms with E-state index in [0.717, 1.165) is 0 Å². The minimum absolute atomic E-state index is 0.113. The van der Waals surface area contributed by atoms with Gasteiger partial charge in [0.2, 0.25) is 5.91 Å². The van der Waals surface area contributed by atoms with Crippen molar-refractivity contribution in [2.45, 2.75) is 18.2 Å². The lowest BCUT2D eigenvalue weighted by atomic mass is 10.2. The van der Waals surface area contributed by atoms with Gasteiger partial charge in [0.25, 0.3) is 0 Å². The quantitative estimate of drug-likeness (QED) is 0.865. The summed E-state index contributed by atoms with van der Waals surface area (Å²) < 4.78 is 5.06. The molecule has 0 aliphatic heterocycles. The highest BCUT2D eigenvalue weighted by atomic mass is 79.9. The van der Waals surface area contributed by atoms with Crippen molar-refractivity contribution >= 4 is 39.1 Å². The van der Waals surface area contributed by atoms with Crippen LogP contribution in [-0.2, 0) is 4.79 Å². The van der Waals surface area contributed by atoms with Gasteiger partial charge in [-0.25, -0.2) is 0 Å². The van der Waals surface area contributed by atoms with E-state index < -0.39 is 0 Å². The summed E-state index contributed by atoms with van der Waals surface area (Å²) in [5, 5.41) is 3.23. The van der Waals surface area contributed by atoms with E-state index >= 15 is 0 Å². The second-order valence-electron chi connectivity index (χ2n) is 3.21. The molecule has 1 aromatic rings. The molecule has 0 heterocycles. The van der Waals surface area contributed by atoms with E-state index in [2.05, 4.69) is 21.2 Å². The van der Waals surface area contributed by atoms with E-state index in [0.29, 0.717) is 22.9 Å². The lowest BCUT2D eigenvalue weighted by molar-refractivity contribution is -0.115. The molecule has 0 spiro atoms. The number of methoxy groups -OCH3 is 1. The molecular formula is C11H13BrClNO2. The average molecular weight is 307 g/mol. The van der Waals surface area contributed by atoms with Crippen LogP contribution in [0.4, 0.5) is 5.69 Å². The summed E-state index contributed by atoms with van der Waals surface area (Å²) in [5.41, 5.74) is 0.559. The number of anilines is 1. The zero-order valence-electron chi connectivity index (χ0n) is 9.09. The fourth-order valence-electron chi connectivity index (χ4n) is 1.12. The van der Waals surface area contributed by atoms with Crippen molar-refractivity contribution in [3.63, 3.8) is 0 Å². The molecule has 0 aromatic heterocycles. The molecule has 1 amide bonds. The van der Waals surface area contributed by atoms with Crippen LogP contribution >= 0.6 is 27.5 Å². The lowest BCUT2D eigenvalue weighted by Gasteiger charge is -2.11. The average Bonchev–Trinajstić information content (AvgIpc) is 2.30. The molecule has 3 nitrogen and oxygen atoms in total. The third-order valence-electron chi connectivity index (χ3n) is 2.07. The summed E-state index contributed by atoms with van der Waals surface area (Å²) in [6.07, 6.45) is 0.716. The molecule has 1 N–H and O–H groups in total. The number of hydrogen-bond acceptors (Lipinski definition) is 2. The Morgan fingerprint density at radius 3 is 2.88 bits per heavy atom. The van der Waals surface area contributed by atoms with Gasteiger partial charge >= 0.3 is 0 Å². The number of benzene rings is 1. The molecule has 1 rings (SSSR count). The smallest absolute Gasteiger partial charge is 0.238 e. The topological polar surface area (TPSA) is 38.3 Å². The number of nitrogens with one attached hydrogen (secondary N) is 1. The lowest BCUT2D eigenvalue weighted by Crippen LogP contribution is -2.22. The van der Waals surface area contributed by atoms with E-state index in [1.807, 2.05) is 6.92 Å². The maximum Gasteiger partial charge on any atom is 0.238 e. The van der Waals surface area contributed by atoms with E-state index in [1.165, 1.54) is 0 Å². The van der Waals surface area contributed by atoms with Crippen LogP contribution in [0.1, 0.15) is 13.3 Å². The number of rotatable bonds is 4. The first kappa shape index (κ1) is 13.3. The molecular weight excluding hydrogens is 293 g/mol. The van der Waals surface area contributed by atoms with Gasteiger partial charge in [0.15, 0.2) is 0 Å². The van der Waals surface area contributed by atoms with Gasteiger partial charge in [0.1, 0.15) is 5.75 Å². The predicted molar refractivity (Wildman–Crippen MR) is 69.6 cm³/mol. The van der Waals surface area contributed by atoms with Crippen molar-refractivity contribution in [2.24, 2.45) is 0 Å². The first-order chi connectivity index (χ1) is 7.58. The summed E-state index contributed by atoms with van der Waals surface area (Å²) in [6, 6.07) is 5.12. The van der Waals surface area contributed by atoms with Gasteiger partial charge in [0.05, 0.1) is 22.6 Å². The fraction of sp³-hybridized carbons (Fsp3) is 0.364. The maximum absolute atomic E-state index is 11.6. The van der Waals surface area contributed by atoms with Crippen LogP contribution in [0.2, 0.25) is 5.02 Å². The third-order valence-corrected chi connectivity index (χ3v) is 3.47. The van der Waals surface area contributed by atoms with Crippen LogP contribution in [0.25, 0.3) is 0 Å². The van der Waals surface area contributed by atoms with E-state index in [1.54, 1.807) is 25.3 Å². The summed E-state index contributed by atoms with van der Waals surface area (Å²) in [5.74, 6) is 0.542. The second-order valence-corrected chi connectivity index (χ2v) is 4.72. The van der Waals surface area contributed by atoms with E-state index in [4.69, 9.17) is 16.3 Å². The van der Waals surface area contributed by atoms with Crippen molar-refractivity contribution in [2.75, 3.05) is 12.4 Å². The Morgan fingerprint density at radius 1 is 1.62 bits per heavy atom. The number of ether oxygens (including phenoxy) is 1. The number of hydrogen-bond donors (Lipinski definition) is 1. The predicted octanol–water partition coefficient (Wildman–Crippen LogP) is 3.46. The van der Waals surface area contributed by atoms with E-state index in [9.17, 15) is 4.79 Å². The van der Waals surface area contributed by atoms with Crippen molar-refractivity contribution in [3.8, 4) is 5.75 Å². The Balaban J connectivity index is 2.83. The van der Waals surface area contributed by atoms with Crippen molar-refractivity contribution in [1.82, 2.24) is 0 Å². The van der Waals surface area contributed by atoms with Gasteiger partial charge in [-0.15, -0.1) is 0 Å². The molecule has 5 heteroatoms. The molecule has 0 saturated carbocycles. The monoisotopic (exact) mass is 305 g/mol. The molecule has 1 aromatic carbocycles. The molecule has 16 heavy (non-hydrogen) atoms. The van der Waals surface area contributed by atoms with Crippen LogP contribution in [0, 0.1) is 0 Å². The number of amides is 1. The van der Waals surface area contributed by atoms with Crippen LogP contribution < -0.4 is 10.1 Å². The van der Waals surface area contributed by atoms with Gasteiger partial charge in [-0.2, -0.15) is 0 Å². The third kappa shape index (κ3) is 3.39. The largest absolute Gasteiger partial charge is 0.497 e.